The number of carboxylic acid groups (broad SMARTS) is 1. The molecule has 0 radical (unpaired) electrons. The number of carboxylic acids is 1. The first-order valence-corrected chi connectivity index (χ1v) is 12.2. The first-order valence-electron chi connectivity index (χ1n) is 12.2. The molecule has 3 fully saturated rings. The normalized spacial score (nSPS) is 28.6. The van der Waals surface area contributed by atoms with Crippen molar-refractivity contribution in [1.29, 1.82) is 0 Å². The lowest BCUT2D eigenvalue weighted by atomic mass is 9.92. The predicted octanol–water partition coefficient (Wildman–Crippen LogP) is 3.15. The van der Waals surface area contributed by atoms with Crippen LogP contribution in [-0.2, 0) is 19.1 Å². The van der Waals surface area contributed by atoms with Crippen LogP contribution < -0.4 is 5.32 Å². The monoisotopic (exact) mass is 476 g/mol. The van der Waals surface area contributed by atoms with E-state index in [2.05, 4.69) is 17.4 Å². The van der Waals surface area contributed by atoms with Crippen LogP contribution in [0.3, 0.4) is 0 Å². The zero-order valence-electron chi connectivity index (χ0n) is 19.4. The Hall–Kier alpha value is -3.39. The molecule has 2 aliphatic heterocycles. The molecule has 1 saturated carbocycles. The number of amides is 2. The summed E-state index contributed by atoms with van der Waals surface area (Å²) in [6, 6.07) is 16.2. The maximum atomic E-state index is 13.7. The number of nitrogens with one attached hydrogen (secondary N) is 1. The van der Waals surface area contributed by atoms with Gasteiger partial charge in [-0.3, -0.25) is 4.79 Å². The van der Waals surface area contributed by atoms with E-state index in [0.29, 0.717) is 19.6 Å². The first kappa shape index (κ1) is 22.1. The van der Waals surface area contributed by atoms with Gasteiger partial charge in [0.05, 0.1) is 6.61 Å². The Balaban J connectivity index is 1.19. The van der Waals surface area contributed by atoms with Crippen LogP contribution in [0.15, 0.2) is 48.5 Å². The molecule has 6 rings (SSSR count). The Morgan fingerprint density at radius 2 is 1.77 bits per heavy atom. The van der Waals surface area contributed by atoms with Crippen molar-refractivity contribution in [3.8, 4) is 11.1 Å². The van der Waals surface area contributed by atoms with Crippen molar-refractivity contribution in [2.45, 2.75) is 42.7 Å². The molecule has 2 heterocycles. The van der Waals surface area contributed by atoms with E-state index in [-0.39, 0.29) is 37.4 Å². The van der Waals surface area contributed by atoms with Gasteiger partial charge in [-0.15, -0.1) is 0 Å². The molecule has 0 bridgehead atoms. The van der Waals surface area contributed by atoms with Gasteiger partial charge in [-0.2, -0.15) is 0 Å². The summed E-state index contributed by atoms with van der Waals surface area (Å²) in [6.45, 7) is 0.825. The molecule has 3 atom stereocenters. The molecule has 4 aliphatic rings. The van der Waals surface area contributed by atoms with Crippen LogP contribution in [-0.4, -0.2) is 65.4 Å². The van der Waals surface area contributed by atoms with E-state index in [1.807, 2.05) is 36.4 Å². The highest BCUT2D eigenvalue weighted by Gasteiger charge is 2.68. The van der Waals surface area contributed by atoms with Gasteiger partial charge in [-0.25, -0.2) is 9.59 Å². The lowest BCUT2D eigenvalue weighted by Crippen LogP contribution is -2.65. The zero-order valence-corrected chi connectivity index (χ0v) is 19.4. The Kier molecular flexibility index (Phi) is 5.11. The number of piperidine rings is 1. The minimum atomic E-state index is -1.31. The average Bonchev–Trinajstić information content (AvgIpc) is 3.32. The van der Waals surface area contributed by atoms with Crippen LogP contribution in [0.1, 0.15) is 42.7 Å². The van der Waals surface area contributed by atoms with E-state index < -0.39 is 23.1 Å². The van der Waals surface area contributed by atoms with E-state index in [1.54, 1.807) is 0 Å². The van der Waals surface area contributed by atoms with Crippen molar-refractivity contribution >= 4 is 18.0 Å². The number of carbonyl (C=O) groups is 3. The summed E-state index contributed by atoms with van der Waals surface area (Å²) >= 11 is 0. The van der Waals surface area contributed by atoms with E-state index in [4.69, 9.17) is 9.47 Å². The molecular weight excluding hydrogens is 448 g/mol. The van der Waals surface area contributed by atoms with Gasteiger partial charge in [0.2, 0.25) is 0 Å². The van der Waals surface area contributed by atoms with Crippen LogP contribution in [0.25, 0.3) is 11.1 Å². The maximum Gasteiger partial charge on any atom is 0.408 e. The van der Waals surface area contributed by atoms with Crippen molar-refractivity contribution in [2.24, 2.45) is 5.92 Å². The topological polar surface area (TPSA) is 105 Å². The van der Waals surface area contributed by atoms with E-state index >= 15 is 0 Å². The molecule has 2 amide bonds. The summed E-state index contributed by atoms with van der Waals surface area (Å²) in [5.41, 5.74) is 2.02. The molecule has 8 nitrogen and oxygen atoms in total. The summed E-state index contributed by atoms with van der Waals surface area (Å²) in [7, 11) is 0. The third-order valence-electron chi connectivity index (χ3n) is 8.22. The minimum Gasteiger partial charge on any atom is -0.479 e. The third-order valence-corrected chi connectivity index (χ3v) is 8.22. The van der Waals surface area contributed by atoms with Crippen molar-refractivity contribution in [3.05, 3.63) is 59.7 Å². The molecule has 2 aromatic rings. The highest BCUT2D eigenvalue weighted by molar-refractivity contribution is 5.96. The number of alkyl carbamates (subject to hydrolysis) is 1. The van der Waals surface area contributed by atoms with Gasteiger partial charge in [-0.1, -0.05) is 48.5 Å². The van der Waals surface area contributed by atoms with Gasteiger partial charge in [0.1, 0.15) is 17.7 Å². The van der Waals surface area contributed by atoms with Crippen molar-refractivity contribution in [2.75, 3.05) is 26.4 Å². The average molecular weight is 477 g/mol. The van der Waals surface area contributed by atoms with Crippen molar-refractivity contribution < 1.29 is 29.0 Å². The Labute approximate surface area is 203 Å². The molecule has 1 unspecified atom stereocenters. The summed E-state index contributed by atoms with van der Waals surface area (Å²) < 4.78 is 11.2. The number of hydrogen-bond acceptors (Lipinski definition) is 5. The second-order valence-corrected chi connectivity index (χ2v) is 10.1. The minimum absolute atomic E-state index is 0.00684. The Morgan fingerprint density at radius 1 is 1.09 bits per heavy atom. The summed E-state index contributed by atoms with van der Waals surface area (Å²) in [4.78, 5) is 40.3. The van der Waals surface area contributed by atoms with Crippen LogP contribution in [0, 0.1) is 5.92 Å². The maximum absolute atomic E-state index is 13.7. The Bertz CT molecular complexity index is 1160. The highest BCUT2D eigenvalue weighted by atomic mass is 16.6. The molecule has 0 aromatic heterocycles. The number of fused-ring (bicyclic) bond motifs is 4. The van der Waals surface area contributed by atoms with Crippen LogP contribution in [0.4, 0.5) is 4.79 Å². The number of likely N-dealkylation sites (tertiary alicyclic amines) is 1. The standard InChI is InChI=1S/C27H28N2O6/c30-23(29-12-5-6-17-14-27(17,29)24(31)32)26(11-13-34-16-26)28-25(33)35-15-22-20-9-3-1-7-18(20)19-8-2-4-10-21(19)22/h1-4,7-10,17,22H,5-6,11-16H2,(H,28,33)(H,31,32)/t17-,26?,27+/m1/s1. The smallest absolute Gasteiger partial charge is 0.408 e. The van der Waals surface area contributed by atoms with Gasteiger partial charge in [0, 0.05) is 25.5 Å². The number of rotatable bonds is 5. The molecule has 2 N–H and O–H groups in total. The molecule has 182 valence electrons. The quantitative estimate of drug-likeness (QED) is 0.687. The van der Waals surface area contributed by atoms with E-state index in [0.717, 1.165) is 35.1 Å². The van der Waals surface area contributed by atoms with Crippen LogP contribution >= 0.6 is 0 Å². The number of hydrogen-bond donors (Lipinski definition) is 2. The Morgan fingerprint density at radius 3 is 2.40 bits per heavy atom. The molecule has 2 aromatic carbocycles. The number of nitrogens with zero attached hydrogens (tertiary/aromatic N) is 1. The lowest BCUT2D eigenvalue weighted by molar-refractivity contribution is -0.157. The van der Waals surface area contributed by atoms with Gasteiger partial charge in [-0.05, 0) is 47.4 Å². The fraction of sp³-hybridized carbons (Fsp3) is 0.444. The first-order chi connectivity index (χ1) is 17.0. The fourth-order valence-corrected chi connectivity index (χ4v) is 6.32. The predicted molar refractivity (Wildman–Crippen MR) is 126 cm³/mol. The zero-order chi connectivity index (χ0) is 24.2. The molecule has 8 heteroatoms. The third kappa shape index (κ3) is 3.34. The molecular formula is C27H28N2O6. The second kappa shape index (κ2) is 8.09. The van der Waals surface area contributed by atoms with Crippen LogP contribution in [0.5, 0.6) is 0 Å². The molecule has 2 aliphatic carbocycles. The largest absolute Gasteiger partial charge is 0.479 e. The lowest BCUT2D eigenvalue weighted by Gasteiger charge is -2.39. The van der Waals surface area contributed by atoms with Gasteiger partial charge >= 0.3 is 12.1 Å². The van der Waals surface area contributed by atoms with Crippen LogP contribution in [0.2, 0.25) is 0 Å². The molecule has 2 saturated heterocycles. The van der Waals surface area contributed by atoms with Gasteiger partial charge in [0.25, 0.3) is 5.91 Å². The second-order valence-electron chi connectivity index (χ2n) is 10.1. The van der Waals surface area contributed by atoms with Crippen molar-refractivity contribution in [3.63, 3.8) is 0 Å². The number of aliphatic carboxylic acids is 1. The van der Waals surface area contributed by atoms with E-state index in [1.165, 1.54) is 4.90 Å². The summed E-state index contributed by atoms with van der Waals surface area (Å²) in [5, 5.41) is 12.7. The number of benzene rings is 2. The van der Waals surface area contributed by atoms with Gasteiger partial charge in [0.15, 0.2) is 0 Å². The molecule has 35 heavy (non-hydrogen) atoms. The summed E-state index contributed by atoms with van der Waals surface area (Å²) in [6.07, 6.45) is 1.62. The summed E-state index contributed by atoms with van der Waals surface area (Å²) in [5.74, 6) is -1.46. The SMILES string of the molecule is O=C(NC1(C(=O)N2CCC[C@@H]3C[C@@]32C(=O)O)CCOC1)OCC1c2ccccc2-c2ccccc21. The van der Waals surface area contributed by atoms with Gasteiger partial charge < -0.3 is 24.8 Å². The number of ether oxygens (including phenoxy) is 2. The van der Waals surface area contributed by atoms with Crippen molar-refractivity contribution in [1.82, 2.24) is 10.2 Å². The number of carbonyl (C=O) groups excluding carboxylic acids is 2. The van der Waals surface area contributed by atoms with E-state index in [9.17, 15) is 19.5 Å². The fourth-order valence-electron chi connectivity index (χ4n) is 6.32. The highest BCUT2D eigenvalue weighted by Crippen LogP contribution is 2.55. The molecule has 0 spiro atoms.